The van der Waals surface area contributed by atoms with E-state index in [0.29, 0.717) is 22.6 Å². The molecule has 20 heavy (non-hydrogen) atoms. The number of carbonyl (C=O) groups is 1. The monoisotopic (exact) mass is 315 g/mol. The number of rotatable bonds is 5. The molecule has 1 aliphatic rings. The summed E-state index contributed by atoms with van der Waals surface area (Å²) in [6.45, 7) is 2.95. The SMILES string of the molecule is NC(=O)CN1CCC(NCc2ccc(Cl)c(Cl)c2)CC1. The maximum atomic E-state index is 10.9. The number of nitrogens with zero attached hydrogens (tertiary/aromatic N) is 1. The minimum Gasteiger partial charge on any atom is -0.369 e. The van der Waals surface area contributed by atoms with Gasteiger partial charge in [-0.05, 0) is 30.5 Å². The highest BCUT2D eigenvalue weighted by Gasteiger charge is 2.19. The average Bonchev–Trinajstić information content (AvgIpc) is 2.41. The largest absolute Gasteiger partial charge is 0.369 e. The minimum atomic E-state index is -0.257. The predicted octanol–water partition coefficient (Wildman–Crippen LogP) is 2.03. The third kappa shape index (κ3) is 4.63. The number of carbonyl (C=O) groups excluding carboxylic acids is 1. The molecule has 2 rings (SSSR count). The van der Waals surface area contributed by atoms with Crippen LogP contribution < -0.4 is 11.1 Å². The van der Waals surface area contributed by atoms with Crippen molar-refractivity contribution in [2.24, 2.45) is 5.73 Å². The number of hydrogen-bond donors (Lipinski definition) is 2. The van der Waals surface area contributed by atoms with E-state index in [9.17, 15) is 4.79 Å². The van der Waals surface area contributed by atoms with Gasteiger partial charge in [0.15, 0.2) is 0 Å². The molecule has 0 atom stereocenters. The van der Waals surface area contributed by atoms with Gasteiger partial charge in [0, 0.05) is 25.7 Å². The Hall–Kier alpha value is -0.810. The third-order valence-electron chi connectivity index (χ3n) is 3.55. The van der Waals surface area contributed by atoms with Gasteiger partial charge in [-0.2, -0.15) is 0 Å². The number of primary amides is 1. The molecule has 1 aromatic carbocycles. The predicted molar refractivity (Wildman–Crippen MR) is 82.0 cm³/mol. The molecule has 1 fully saturated rings. The molecular formula is C14H19Cl2N3O. The van der Waals surface area contributed by atoms with E-state index in [1.54, 1.807) is 0 Å². The van der Waals surface area contributed by atoms with Gasteiger partial charge in [-0.25, -0.2) is 0 Å². The van der Waals surface area contributed by atoms with Crippen molar-refractivity contribution in [1.82, 2.24) is 10.2 Å². The summed E-state index contributed by atoms with van der Waals surface area (Å²) >= 11 is 11.9. The number of benzene rings is 1. The van der Waals surface area contributed by atoms with Gasteiger partial charge in [-0.15, -0.1) is 0 Å². The van der Waals surface area contributed by atoms with Crippen LogP contribution in [-0.2, 0) is 11.3 Å². The molecule has 0 saturated carbocycles. The third-order valence-corrected chi connectivity index (χ3v) is 4.28. The van der Waals surface area contributed by atoms with Crippen molar-refractivity contribution in [3.8, 4) is 0 Å². The van der Waals surface area contributed by atoms with E-state index in [-0.39, 0.29) is 5.91 Å². The highest BCUT2D eigenvalue weighted by molar-refractivity contribution is 6.42. The van der Waals surface area contributed by atoms with Crippen molar-refractivity contribution >= 4 is 29.1 Å². The van der Waals surface area contributed by atoms with Crippen LogP contribution in [0, 0.1) is 0 Å². The number of piperidine rings is 1. The van der Waals surface area contributed by atoms with Gasteiger partial charge in [0.2, 0.25) is 5.91 Å². The van der Waals surface area contributed by atoms with Crippen LogP contribution in [0.5, 0.6) is 0 Å². The molecular weight excluding hydrogens is 297 g/mol. The summed E-state index contributed by atoms with van der Waals surface area (Å²) in [4.78, 5) is 13.0. The Morgan fingerprint density at radius 1 is 1.30 bits per heavy atom. The Bertz CT molecular complexity index is 473. The molecule has 0 aromatic heterocycles. The van der Waals surface area contributed by atoms with Gasteiger partial charge in [0.05, 0.1) is 16.6 Å². The first-order valence-corrected chi connectivity index (χ1v) is 7.48. The standard InChI is InChI=1S/C14H19Cl2N3O/c15-12-2-1-10(7-13(12)16)8-18-11-3-5-19(6-4-11)9-14(17)20/h1-2,7,11,18H,3-6,8-9H2,(H2,17,20). The van der Waals surface area contributed by atoms with E-state index in [4.69, 9.17) is 28.9 Å². The Kier molecular flexibility index (Phi) is 5.66. The number of amides is 1. The summed E-state index contributed by atoms with van der Waals surface area (Å²) in [7, 11) is 0. The molecule has 1 saturated heterocycles. The fourth-order valence-electron chi connectivity index (χ4n) is 2.43. The molecule has 1 amide bonds. The first kappa shape index (κ1) is 15.6. The number of likely N-dealkylation sites (tertiary alicyclic amines) is 1. The normalized spacial score (nSPS) is 17.3. The van der Waals surface area contributed by atoms with Crippen molar-refractivity contribution in [3.05, 3.63) is 33.8 Å². The minimum absolute atomic E-state index is 0.257. The van der Waals surface area contributed by atoms with E-state index in [0.717, 1.165) is 38.0 Å². The van der Waals surface area contributed by atoms with Gasteiger partial charge < -0.3 is 11.1 Å². The number of nitrogens with two attached hydrogens (primary N) is 1. The van der Waals surface area contributed by atoms with E-state index < -0.39 is 0 Å². The maximum absolute atomic E-state index is 10.9. The van der Waals surface area contributed by atoms with Crippen molar-refractivity contribution < 1.29 is 4.79 Å². The van der Waals surface area contributed by atoms with Gasteiger partial charge in [0.25, 0.3) is 0 Å². The first-order chi connectivity index (χ1) is 9.54. The Morgan fingerprint density at radius 2 is 2.00 bits per heavy atom. The molecule has 0 bridgehead atoms. The van der Waals surface area contributed by atoms with Crippen LogP contribution in [0.1, 0.15) is 18.4 Å². The van der Waals surface area contributed by atoms with E-state index in [2.05, 4.69) is 10.2 Å². The molecule has 3 N–H and O–H groups in total. The van der Waals surface area contributed by atoms with Crippen LogP contribution in [0.3, 0.4) is 0 Å². The van der Waals surface area contributed by atoms with Crippen LogP contribution in [0.15, 0.2) is 18.2 Å². The average molecular weight is 316 g/mol. The molecule has 110 valence electrons. The van der Waals surface area contributed by atoms with Crippen molar-refractivity contribution in [2.45, 2.75) is 25.4 Å². The molecule has 0 unspecified atom stereocenters. The second-order valence-corrected chi connectivity index (χ2v) is 5.96. The molecule has 6 heteroatoms. The van der Waals surface area contributed by atoms with Gasteiger partial charge in [-0.1, -0.05) is 29.3 Å². The number of nitrogens with one attached hydrogen (secondary N) is 1. The summed E-state index contributed by atoms with van der Waals surface area (Å²) in [6.07, 6.45) is 2.04. The quantitative estimate of drug-likeness (QED) is 0.874. The van der Waals surface area contributed by atoms with Gasteiger partial charge in [0.1, 0.15) is 0 Å². The lowest BCUT2D eigenvalue weighted by molar-refractivity contribution is -0.119. The topological polar surface area (TPSA) is 58.4 Å². The van der Waals surface area contributed by atoms with Crippen molar-refractivity contribution in [3.63, 3.8) is 0 Å². The van der Waals surface area contributed by atoms with Crippen LogP contribution in [0.4, 0.5) is 0 Å². The summed E-state index contributed by atoms with van der Waals surface area (Å²) in [5, 5.41) is 4.68. The lowest BCUT2D eigenvalue weighted by Gasteiger charge is -2.31. The molecule has 0 aliphatic carbocycles. The summed E-state index contributed by atoms with van der Waals surface area (Å²) in [5.74, 6) is -0.257. The molecule has 1 heterocycles. The summed E-state index contributed by atoms with van der Waals surface area (Å²) in [5.41, 5.74) is 6.32. The fraction of sp³-hybridized carbons (Fsp3) is 0.500. The molecule has 1 aliphatic heterocycles. The van der Waals surface area contributed by atoms with Crippen LogP contribution >= 0.6 is 23.2 Å². The van der Waals surface area contributed by atoms with Crippen molar-refractivity contribution in [1.29, 1.82) is 0 Å². The molecule has 0 radical (unpaired) electrons. The smallest absolute Gasteiger partial charge is 0.231 e. The van der Waals surface area contributed by atoms with Crippen LogP contribution in [-0.4, -0.2) is 36.5 Å². The lowest BCUT2D eigenvalue weighted by atomic mass is 10.0. The first-order valence-electron chi connectivity index (χ1n) is 6.72. The zero-order valence-electron chi connectivity index (χ0n) is 11.2. The molecule has 1 aromatic rings. The zero-order chi connectivity index (χ0) is 14.5. The zero-order valence-corrected chi connectivity index (χ0v) is 12.8. The Morgan fingerprint density at radius 3 is 2.60 bits per heavy atom. The second-order valence-electron chi connectivity index (χ2n) is 5.15. The highest BCUT2D eigenvalue weighted by atomic mass is 35.5. The van der Waals surface area contributed by atoms with Crippen LogP contribution in [0.2, 0.25) is 10.0 Å². The molecule has 4 nitrogen and oxygen atoms in total. The Balaban J connectivity index is 1.75. The van der Waals surface area contributed by atoms with Gasteiger partial charge in [-0.3, -0.25) is 9.69 Å². The fourth-order valence-corrected chi connectivity index (χ4v) is 2.75. The Labute approximate surface area is 129 Å². The number of hydrogen-bond acceptors (Lipinski definition) is 3. The van der Waals surface area contributed by atoms with E-state index in [1.807, 2.05) is 18.2 Å². The van der Waals surface area contributed by atoms with Crippen molar-refractivity contribution in [2.75, 3.05) is 19.6 Å². The maximum Gasteiger partial charge on any atom is 0.231 e. The number of halogens is 2. The lowest BCUT2D eigenvalue weighted by Crippen LogP contribution is -2.45. The van der Waals surface area contributed by atoms with E-state index >= 15 is 0 Å². The summed E-state index contributed by atoms with van der Waals surface area (Å²) < 4.78 is 0. The second kappa shape index (κ2) is 7.27. The molecule has 0 spiro atoms. The summed E-state index contributed by atoms with van der Waals surface area (Å²) in [6, 6.07) is 6.15. The van der Waals surface area contributed by atoms with E-state index in [1.165, 1.54) is 0 Å². The van der Waals surface area contributed by atoms with Crippen LogP contribution in [0.25, 0.3) is 0 Å². The highest BCUT2D eigenvalue weighted by Crippen LogP contribution is 2.22. The van der Waals surface area contributed by atoms with Gasteiger partial charge >= 0.3 is 0 Å².